The van der Waals surface area contributed by atoms with Gasteiger partial charge in [0.2, 0.25) is 0 Å². The summed E-state index contributed by atoms with van der Waals surface area (Å²) < 4.78 is 7.24. The molecule has 132 valence electrons. The lowest BCUT2D eigenvalue weighted by Crippen LogP contribution is -2.18. The minimum Gasteiger partial charge on any atom is -0.496 e. The summed E-state index contributed by atoms with van der Waals surface area (Å²) in [6.07, 6.45) is 8.10. The van der Waals surface area contributed by atoms with Crippen molar-refractivity contribution in [2.24, 2.45) is 7.05 Å². The van der Waals surface area contributed by atoms with Crippen LogP contribution in [0.1, 0.15) is 30.4 Å². The van der Waals surface area contributed by atoms with Crippen molar-refractivity contribution in [3.63, 3.8) is 0 Å². The second kappa shape index (κ2) is 7.49. The molecular weight excluding hydrogens is 334 g/mol. The molecule has 0 saturated heterocycles. The highest BCUT2D eigenvalue weighted by molar-refractivity contribution is 6.21. The average Bonchev–Trinajstić information content (AvgIpc) is 3.02. The predicted molar refractivity (Wildman–Crippen MR) is 104 cm³/mol. The molecule has 0 saturated carbocycles. The number of rotatable bonds is 5. The third-order valence-corrected chi connectivity index (χ3v) is 5.18. The van der Waals surface area contributed by atoms with Crippen LogP contribution in [0.15, 0.2) is 46.9 Å². The fourth-order valence-corrected chi connectivity index (χ4v) is 3.70. The summed E-state index contributed by atoms with van der Waals surface area (Å²) in [6.45, 7) is 1.84. The van der Waals surface area contributed by atoms with E-state index in [1.807, 2.05) is 19.2 Å². The first-order valence-electron chi connectivity index (χ1n) is 8.64. The Balaban J connectivity index is 1.83. The first-order chi connectivity index (χ1) is 12.0. The molecule has 1 aliphatic carbocycles. The number of halogens is 1. The van der Waals surface area contributed by atoms with Crippen LogP contribution in [-0.2, 0) is 13.5 Å². The van der Waals surface area contributed by atoms with E-state index in [4.69, 9.17) is 16.3 Å². The number of allylic oxidation sites excluding steroid dienone is 2. The fraction of sp³-hybridized carbons (Fsp3) is 0.381. The largest absolute Gasteiger partial charge is 0.496 e. The quantitative estimate of drug-likeness (QED) is 0.577. The standard InChI is InChI=1S/C21H24ClNO2/c1-14-10-18(13-23(2)21(14)24)17-8-7-16(20(12-17)25-3)6-4-15-5-9-19(22)11-15/h5,7-8,10,12-13,19H,4,6,9,11H2,1-3H3. The molecule has 1 aromatic carbocycles. The van der Waals surface area contributed by atoms with E-state index in [-0.39, 0.29) is 10.9 Å². The summed E-state index contributed by atoms with van der Waals surface area (Å²) in [7, 11) is 3.49. The van der Waals surface area contributed by atoms with Gasteiger partial charge in [0, 0.05) is 24.2 Å². The van der Waals surface area contributed by atoms with Crippen LogP contribution in [0, 0.1) is 6.92 Å². The molecule has 1 aliphatic rings. The molecule has 0 N–H and O–H groups in total. The van der Waals surface area contributed by atoms with Gasteiger partial charge in [-0.3, -0.25) is 4.79 Å². The highest BCUT2D eigenvalue weighted by Crippen LogP contribution is 2.31. The molecule has 3 rings (SSSR count). The van der Waals surface area contributed by atoms with Crippen LogP contribution >= 0.6 is 11.6 Å². The second-order valence-corrected chi connectivity index (χ2v) is 7.37. The summed E-state index contributed by atoms with van der Waals surface area (Å²) in [5, 5.41) is 0.271. The third-order valence-electron chi connectivity index (χ3n) is 4.84. The van der Waals surface area contributed by atoms with Crippen molar-refractivity contribution in [2.45, 2.75) is 38.0 Å². The first kappa shape index (κ1) is 17.8. The molecule has 0 aliphatic heterocycles. The molecular formula is C21H24ClNO2. The summed E-state index contributed by atoms with van der Waals surface area (Å²) in [6, 6.07) is 8.22. The molecule has 4 heteroatoms. The van der Waals surface area contributed by atoms with Crippen LogP contribution in [0.25, 0.3) is 11.1 Å². The second-order valence-electron chi connectivity index (χ2n) is 6.75. The summed E-state index contributed by atoms with van der Waals surface area (Å²) in [4.78, 5) is 11.9. The number of hydrogen-bond donors (Lipinski definition) is 0. The molecule has 1 heterocycles. The minimum absolute atomic E-state index is 0.0368. The molecule has 1 atom stereocenters. The van der Waals surface area contributed by atoms with E-state index in [1.165, 1.54) is 11.1 Å². The Hall–Kier alpha value is -2.00. The van der Waals surface area contributed by atoms with Gasteiger partial charge in [-0.1, -0.05) is 23.8 Å². The summed E-state index contributed by atoms with van der Waals surface area (Å²) in [5.41, 5.74) is 5.50. The number of methoxy groups -OCH3 is 1. The van der Waals surface area contributed by atoms with E-state index < -0.39 is 0 Å². The molecule has 0 fully saturated rings. The molecule has 0 radical (unpaired) electrons. The molecule has 0 bridgehead atoms. The summed E-state index contributed by atoms with van der Waals surface area (Å²) in [5.74, 6) is 0.894. The topological polar surface area (TPSA) is 31.2 Å². The summed E-state index contributed by atoms with van der Waals surface area (Å²) >= 11 is 6.17. The van der Waals surface area contributed by atoms with E-state index in [1.54, 1.807) is 18.7 Å². The number of benzene rings is 1. The van der Waals surface area contributed by atoms with Crippen molar-refractivity contribution in [3.05, 3.63) is 63.6 Å². The third kappa shape index (κ3) is 3.98. The van der Waals surface area contributed by atoms with Crippen molar-refractivity contribution >= 4 is 11.6 Å². The van der Waals surface area contributed by atoms with Crippen molar-refractivity contribution < 1.29 is 4.74 Å². The maximum atomic E-state index is 11.9. The Labute approximate surface area is 153 Å². The highest BCUT2D eigenvalue weighted by Gasteiger charge is 2.15. The molecule has 25 heavy (non-hydrogen) atoms. The highest BCUT2D eigenvalue weighted by atomic mass is 35.5. The van der Waals surface area contributed by atoms with Crippen LogP contribution in [0.4, 0.5) is 0 Å². The Morgan fingerprint density at radius 1 is 1.24 bits per heavy atom. The number of ether oxygens (including phenoxy) is 1. The normalized spacial score (nSPS) is 16.8. The van der Waals surface area contributed by atoms with Gasteiger partial charge in [-0.05, 0) is 61.4 Å². The smallest absolute Gasteiger partial charge is 0.253 e. The molecule has 2 aromatic rings. The zero-order valence-corrected chi connectivity index (χ0v) is 15.8. The number of aromatic nitrogens is 1. The van der Waals surface area contributed by atoms with Crippen LogP contribution in [0.5, 0.6) is 5.75 Å². The Bertz CT molecular complexity index is 840. The van der Waals surface area contributed by atoms with E-state index in [2.05, 4.69) is 24.3 Å². The van der Waals surface area contributed by atoms with Crippen LogP contribution < -0.4 is 10.3 Å². The van der Waals surface area contributed by atoms with Gasteiger partial charge in [-0.2, -0.15) is 0 Å². The predicted octanol–water partition coefficient (Wildman–Crippen LogP) is 4.63. The molecule has 0 spiro atoms. The van der Waals surface area contributed by atoms with Gasteiger partial charge in [0.15, 0.2) is 0 Å². The van der Waals surface area contributed by atoms with Gasteiger partial charge < -0.3 is 9.30 Å². The van der Waals surface area contributed by atoms with Crippen molar-refractivity contribution in [3.8, 4) is 16.9 Å². The van der Waals surface area contributed by atoms with Crippen molar-refractivity contribution in [1.82, 2.24) is 4.57 Å². The van der Waals surface area contributed by atoms with Crippen molar-refractivity contribution in [2.75, 3.05) is 7.11 Å². The number of pyridine rings is 1. The van der Waals surface area contributed by atoms with Crippen LogP contribution in [0.3, 0.4) is 0 Å². The van der Waals surface area contributed by atoms with E-state index in [9.17, 15) is 4.79 Å². The molecule has 3 nitrogen and oxygen atoms in total. The van der Waals surface area contributed by atoms with Gasteiger partial charge in [0.05, 0.1) is 7.11 Å². The Morgan fingerprint density at radius 3 is 2.68 bits per heavy atom. The Kier molecular flexibility index (Phi) is 5.33. The van der Waals surface area contributed by atoms with Crippen LogP contribution in [-0.4, -0.2) is 17.1 Å². The lowest BCUT2D eigenvalue weighted by molar-refractivity contribution is 0.409. The maximum Gasteiger partial charge on any atom is 0.253 e. The monoisotopic (exact) mass is 357 g/mol. The van der Waals surface area contributed by atoms with Crippen molar-refractivity contribution in [1.29, 1.82) is 0 Å². The SMILES string of the molecule is COc1cc(-c2cc(C)c(=O)n(C)c2)ccc1CCC1=CCC(Cl)C1. The minimum atomic E-state index is 0.0368. The van der Waals surface area contributed by atoms with Gasteiger partial charge in [-0.15, -0.1) is 11.6 Å². The Morgan fingerprint density at radius 2 is 2.04 bits per heavy atom. The van der Waals surface area contributed by atoms with Gasteiger partial charge in [0.1, 0.15) is 5.75 Å². The lowest BCUT2D eigenvalue weighted by Gasteiger charge is -2.12. The fourth-order valence-electron chi connectivity index (χ4n) is 3.41. The zero-order chi connectivity index (χ0) is 18.0. The number of aryl methyl sites for hydroxylation is 3. The molecule has 1 unspecified atom stereocenters. The van der Waals surface area contributed by atoms with E-state index >= 15 is 0 Å². The first-order valence-corrected chi connectivity index (χ1v) is 9.08. The number of alkyl halides is 1. The van der Waals surface area contributed by atoms with E-state index in [0.29, 0.717) is 0 Å². The lowest BCUT2D eigenvalue weighted by atomic mass is 9.99. The van der Waals surface area contributed by atoms with Gasteiger partial charge in [-0.25, -0.2) is 0 Å². The number of hydrogen-bond acceptors (Lipinski definition) is 2. The number of nitrogens with zero attached hydrogens (tertiary/aromatic N) is 1. The van der Waals surface area contributed by atoms with E-state index in [0.717, 1.165) is 48.1 Å². The van der Waals surface area contributed by atoms with Crippen LogP contribution in [0.2, 0.25) is 0 Å². The van der Waals surface area contributed by atoms with Gasteiger partial charge in [0.25, 0.3) is 5.56 Å². The average molecular weight is 358 g/mol. The molecule has 1 aromatic heterocycles. The zero-order valence-electron chi connectivity index (χ0n) is 15.0. The maximum absolute atomic E-state index is 11.9. The van der Waals surface area contributed by atoms with Gasteiger partial charge >= 0.3 is 0 Å². The molecule has 0 amide bonds.